The molecule has 26 heavy (non-hydrogen) atoms. The number of carbonyl (C=O) groups excluding carboxylic acids is 1. The van der Waals surface area contributed by atoms with Crippen molar-refractivity contribution in [1.82, 2.24) is 19.8 Å². The fourth-order valence-corrected chi connectivity index (χ4v) is 3.07. The first-order valence-corrected chi connectivity index (χ1v) is 8.81. The number of furan rings is 1. The number of benzene rings is 1. The van der Waals surface area contributed by atoms with Crippen LogP contribution in [0.2, 0.25) is 0 Å². The largest absolute Gasteiger partial charge is 0.497 e. The third kappa shape index (κ3) is 3.99. The molecule has 0 aliphatic heterocycles. The number of thioether (sulfide) groups is 1. The average Bonchev–Trinajstić information content (AvgIpc) is 3.29. The number of methoxy groups -OCH3 is 1. The second-order valence-corrected chi connectivity index (χ2v) is 6.47. The van der Waals surface area contributed by atoms with Gasteiger partial charge in [0.05, 0.1) is 25.7 Å². The van der Waals surface area contributed by atoms with Crippen LogP contribution in [0.1, 0.15) is 5.76 Å². The molecule has 9 heteroatoms. The maximum Gasteiger partial charge on any atom is 0.233 e. The van der Waals surface area contributed by atoms with Crippen molar-refractivity contribution in [3.63, 3.8) is 0 Å². The standard InChI is InChI=1S/C17H19N5O3S/c1-21(10-14-4-3-9-25-14)15(23)11-26-17-20-19-16(22(17)18)12-5-7-13(24-2)8-6-12/h3-9H,10-11,18H2,1-2H3. The van der Waals surface area contributed by atoms with E-state index in [1.165, 1.54) is 16.4 Å². The zero-order valence-corrected chi connectivity index (χ0v) is 15.3. The summed E-state index contributed by atoms with van der Waals surface area (Å²) in [5.41, 5.74) is 0.814. The van der Waals surface area contributed by atoms with E-state index in [2.05, 4.69) is 10.2 Å². The molecule has 0 bridgehead atoms. The molecule has 0 saturated heterocycles. The second kappa shape index (κ2) is 7.96. The Morgan fingerprint density at radius 2 is 2.08 bits per heavy atom. The Morgan fingerprint density at radius 3 is 2.73 bits per heavy atom. The predicted molar refractivity (Wildman–Crippen MR) is 98.1 cm³/mol. The highest BCUT2D eigenvalue weighted by atomic mass is 32.2. The van der Waals surface area contributed by atoms with Crippen LogP contribution in [0.3, 0.4) is 0 Å². The third-order valence-electron chi connectivity index (χ3n) is 3.74. The summed E-state index contributed by atoms with van der Waals surface area (Å²) in [6.07, 6.45) is 1.58. The molecule has 3 aromatic rings. The van der Waals surface area contributed by atoms with Gasteiger partial charge in [-0.2, -0.15) is 0 Å². The molecule has 0 aliphatic rings. The van der Waals surface area contributed by atoms with Gasteiger partial charge in [0.1, 0.15) is 11.5 Å². The summed E-state index contributed by atoms with van der Waals surface area (Å²) in [7, 11) is 3.33. The summed E-state index contributed by atoms with van der Waals surface area (Å²) in [5, 5.41) is 8.65. The third-order valence-corrected chi connectivity index (χ3v) is 4.66. The van der Waals surface area contributed by atoms with E-state index < -0.39 is 0 Å². The van der Waals surface area contributed by atoms with Crippen LogP contribution in [-0.4, -0.2) is 45.6 Å². The van der Waals surface area contributed by atoms with Crippen molar-refractivity contribution in [2.45, 2.75) is 11.7 Å². The molecular formula is C17H19N5O3S. The first kappa shape index (κ1) is 17.9. The van der Waals surface area contributed by atoms with E-state index in [0.29, 0.717) is 17.5 Å². The molecule has 2 heterocycles. The summed E-state index contributed by atoms with van der Waals surface area (Å²) < 4.78 is 11.8. The molecule has 0 aliphatic carbocycles. The number of carbonyl (C=O) groups is 1. The van der Waals surface area contributed by atoms with E-state index in [1.54, 1.807) is 31.4 Å². The van der Waals surface area contributed by atoms with Gasteiger partial charge in [0.2, 0.25) is 11.1 Å². The highest BCUT2D eigenvalue weighted by molar-refractivity contribution is 7.99. The van der Waals surface area contributed by atoms with Crippen LogP contribution in [0, 0.1) is 0 Å². The van der Waals surface area contributed by atoms with Crippen LogP contribution >= 0.6 is 11.8 Å². The lowest BCUT2D eigenvalue weighted by Crippen LogP contribution is -2.27. The van der Waals surface area contributed by atoms with Crippen LogP contribution in [-0.2, 0) is 11.3 Å². The van der Waals surface area contributed by atoms with Gasteiger partial charge in [-0.3, -0.25) is 4.79 Å². The number of ether oxygens (including phenoxy) is 1. The molecule has 0 atom stereocenters. The first-order valence-electron chi connectivity index (χ1n) is 7.82. The zero-order valence-electron chi connectivity index (χ0n) is 14.5. The van der Waals surface area contributed by atoms with Crippen molar-refractivity contribution >= 4 is 17.7 Å². The summed E-state index contributed by atoms with van der Waals surface area (Å²) in [4.78, 5) is 13.8. The monoisotopic (exact) mass is 373 g/mol. The Bertz CT molecular complexity index is 861. The SMILES string of the molecule is COc1ccc(-c2nnc(SCC(=O)N(C)Cc3ccco3)n2N)cc1. The topological polar surface area (TPSA) is 99.4 Å². The minimum Gasteiger partial charge on any atom is -0.497 e. The van der Waals surface area contributed by atoms with E-state index in [1.807, 2.05) is 30.3 Å². The predicted octanol–water partition coefficient (Wildman–Crippen LogP) is 2.01. The second-order valence-electron chi connectivity index (χ2n) is 5.52. The van der Waals surface area contributed by atoms with Crippen molar-refractivity contribution in [3.05, 3.63) is 48.4 Å². The molecule has 1 amide bonds. The van der Waals surface area contributed by atoms with Crippen molar-refractivity contribution in [1.29, 1.82) is 0 Å². The Kier molecular flexibility index (Phi) is 5.47. The van der Waals surface area contributed by atoms with Crippen molar-refractivity contribution in [2.24, 2.45) is 0 Å². The molecule has 0 fully saturated rings. The normalized spacial score (nSPS) is 10.7. The van der Waals surface area contributed by atoms with Crippen LogP contribution in [0.5, 0.6) is 5.75 Å². The van der Waals surface area contributed by atoms with E-state index in [9.17, 15) is 4.79 Å². The molecule has 0 saturated carbocycles. The number of rotatable bonds is 7. The van der Waals surface area contributed by atoms with Gasteiger partial charge in [-0.05, 0) is 36.4 Å². The highest BCUT2D eigenvalue weighted by Crippen LogP contribution is 2.23. The molecule has 0 spiro atoms. The lowest BCUT2D eigenvalue weighted by molar-refractivity contribution is -0.127. The Hall–Kier alpha value is -2.94. The molecule has 0 radical (unpaired) electrons. The number of hydrogen-bond donors (Lipinski definition) is 1. The van der Waals surface area contributed by atoms with Gasteiger partial charge in [-0.1, -0.05) is 11.8 Å². The number of hydrogen-bond acceptors (Lipinski definition) is 7. The molecular weight excluding hydrogens is 354 g/mol. The number of nitrogens with zero attached hydrogens (tertiary/aromatic N) is 4. The minimum atomic E-state index is -0.0552. The molecule has 3 rings (SSSR count). The lowest BCUT2D eigenvalue weighted by Gasteiger charge is -2.15. The fraction of sp³-hybridized carbons (Fsp3) is 0.235. The Morgan fingerprint density at radius 1 is 1.31 bits per heavy atom. The molecule has 1 aromatic carbocycles. The van der Waals surface area contributed by atoms with E-state index in [4.69, 9.17) is 15.0 Å². The molecule has 8 nitrogen and oxygen atoms in total. The molecule has 0 unspecified atom stereocenters. The summed E-state index contributed by atoms with van der Waals surface area (Å²) >= 11 is 1.24. The quantitative estimate of drug-likeness (QED) is 0.499. The molecule has 136 valence electrons. The van der Waals surface area contributed by atoms with Crippen molar-refractivity contribution in [2.75, 3.05) is 25.8 Å². The number of nitrogen functional groups attached to an aromatic ring is 1. The van der Waals surface area contributed by atoms with Crippen LogP contribution in [0.15, 0.2) is 52.2 Å². The number of aromatic nitrogens is 3. The Balaban J connectivity index is 1.61. The van der Waals surface area contributed by atoms with Gasteiger partial charge in [0.25, 0.3) is 0 Å². The van der Waals surface area contributed by atoms with Gasteiger partial charge in [0, 0.05) is 12.6 Å². The van der Waals surface area contributed by atoms with Crippen LogP contribution in [0.25, 0.3) is 11.4 Å². The maximum absolute atomic E-state index is 12.3. The minimum absolute atomic E-state index is 0.0552. The van der Waals surface area contributed by atoms with E-state index in [-0.39, 0.29) is 11.7 Å². The summed E-state index contributed by atoms with van der Waals surface area (Å²) in [6, 6.07) is 11.0. The Labute approximate surface area is 154 Å². The molecule has 2 N–H and O–H groups in total. The van der Waals surface area contributed by atoms with Gasteiger partial charge in [-0.25, -0.2) is 4.68 Å². The highest BCUT2D eigenvalue weighted by Gasteiger charge is 2.16. The molecule has 2 aromatic heterocycles. The van der Waals surface area contributed by atoms with Crippen LogP contribution in [0.4, 0.5) is 0 Å². The zero-order chi connectivity index (χ0) is 18.5. The summed E-state index contributed by atoms with van der Waals surface area (Å²) in [5.74, 6) is 8.22. The van der Waals surface area contributed by atoms with E-state index >= 15 is 0 Å². The first-order chi connectivity index (χ1) is 12.6. The van der Waals surface area contributed by atoms with Crippen molar-refractivity contribution in [3.8, 4) is 17.1 Å². The van der Waals surface area contributed by atoms with Gasteiger partial charge in [0.15, 0.2) is 5.82 Å². The smallest absolute Gasteiger partial charge is 0.233 e. The van der Waals surface area contributed by atoms with Crippen LogP contribution < -0.4 is 10.6 Å². The fourth-order valence-electron chi connectivity index (χ4n) is 2.27. The number of nitrogens with two attached hydrogens (primary N) is 1. The van der Waals surface area contributed by atoms with E-state index in [0.717, 1.165) is 17.1 Å². The van der Waals surface area contributed by atoms with Gasteiger partial charge >= 0.3 is 0 Å². The average molecular weight is 373 g/mol. The van der Waals surface area contributed by atoms with Gasteiger partial charge in [-0.15, -0.1) is 10.2 Å². The lowest BCUT2D eigenvalue weighted by atomic mass is 10.2. The summed E-state index contributed by atoms with van der Waals surface area (Å²) in [6.45, 7) is 0.415. The number of amides is 1. The van der Waals surface area contributed by atoms with Crippen molar-refractivity contribution < 1.29 is 13.9 Å². The van der Waals surface area contributed by atoms with Gasteiger partial charge < -0.3 is 19.9 Å². The maximum atomic E-state index is 12.3.